The highest BCUT2D eigenvalue weighted by atomic mass is 16.5. The van der Waals surface area contributed by atoms with E-state index in [-0.39, 0.29) is 11.2 Å². The van der Waals surface area contributed by atoms with Crippen LogP contribution in [0, 0.1) is 5.41 Å². The Morgan fingerprint density at radius 1 is 1.16 bits per heavy atom. The second-order valence-electron chi connectivity index (χ2n) is 10.9. The maximum atomic E-state index is 13.6. The van der Waals surface area contributed by atoms with Crippen LogP contribution >= 0.6 is 0 Å². The number of carbonyl (C=O) groups excluding carboxylic acids is 1. The van der Waals surface area contributed by atoms with Gasteiger partial charge in [0.1, 0.15) is 24.4 Å². The number of carbonyl (C=O) groups is 1. The zero-order valence-corrected chi connectivity index (χ0v) is 22.3. The minimum atomic E-state index is -0.396. The van der Waals surface area contributed by atoms with Crippen molar-refractivity contribution in [3.05, 3.63) is 47.0 Å². The number of methoxy groups -OCH3 is 2. The van der Waals surface area contributed by atoms with E-state index in [4.69, 9.17) is 29.7 Å². The van der Waals surface area contributed by atoms with Gasteiger partial charge in [-0.25, -0.2) is 4.57 Å². The summed E-state index contributed by atoms with van der Waals surface area (Å²) in [6.07, 6.45) is 3.84. The Hall–Kier alpha value is -3.17. The molecule has 1 fully saturated rings. The molecule has 0 saturated carbocycles. The molecule has 198 valence electrons. The van der Waals surface area contributed by atoms with Crippen molar-refractivity contribution in [3.63, 3.8) is 0 Å². The maximum absolute atomic E-state index is 13.6. The third-order valence-electron chi connectivity index (χ3n) is 7.68. The second-order valence-corrected chi connectivity index (χ2v) is 10.9. The zero-order valence-electron chi connectivity index (χ0n) is 22.3. The molecule has 9 nitrogen and oxygen atoms in total. The third-order valence-corrected chi connectivity index (χ3v) is 7.68. The van der Waals surface area contributed by atoms with Gasteiger partial charge in [0.05, 0.1) is 46.4 Å². The number of nitrogen functional groups attached to an aromatic ring is 1. The highest BCUT2D eigenvalue weighted by Crippen LogP contribution is 2.51. The number of quaternary nitrogens is 1. The van der Waals surface area contributed by atoms with Gasteiger partial charge in [-0.2, -0.15) is 0 Å². The number of rotatable bonds is 7. The summed E-state index contributed by atoms with van der Waals surface area (Å²) in [5, 5.41) is 0. The molecule has 1 atom stereocenters. The van der Waals surface area contributed by atoms with Crippen LogP contribution in [0.15, 0.2) is 35.9 Å². The number of nitrogens with zero attached hydrogens (tertiary/aromatic N) is 2. The van der Waals surface area contributed by atoms with Crippen LogP contribution in [0.25, 0.3) is 0 Å². The van der Waals surface area contributed by atoms with E-state index in [0.29, 0.717) is 47.4 Å². The fourth-order valence-corrected chi connectivity index (χ4v) is 5.78. The van der Waals surface area contributed by atoms with E-state index in [2.05, 4.69) is 13.8 Å². The number of aryl methyl sites for hydroxylation is 1. The molecule has 2 aliphatic heterocycles. The van der Waals surface area contributed by atoms with E-state index in [1.165, 1.54) is 0 Å². The van der Waals surface area contributed by atoms with E-state index in [1.54, 1.807) is 25.4 Å². The number of anilines is 1. The summed E-state index contributed by atoms with van der Waals surface area (Å²) in [5.74, 6) is 2.65. The number of Topliss-reactive ketones (excluding diaryl/α,β-unsaturated/α-hetero) is 1. The van der Waals surface area contributed by atoms with Crippen molar-refractivity contribution in [2.24, 2.45) is 5.41 Å². The Labute approximate surface area is 218 Å². The molecular weight excluding hydrogens is 472 g/mol. The van der Waals surface area contributed by atoms with Crippen LogP contribution in [0.1, 0.15) is 50.2 Å². The van der Waals surface area contributed by atoms with Gasteiger partial charge < -0.3 is 29.6 Å². The summed E-state index contributed by atoms with van der Waals surface area (Å²) >= 11 is 0. The van der Waals surface area contributed by atoms with Gasteiger partial charge in [-0.15, -0.1) is 0 Å². The van der Waals surface area contributed by atoms with E-state index in [1.807, 2.05) is 22.8 Å². The van der Waals surface area contributed by atoms with E-state index >= 15 is 0 Å². The Morgan fingerprint density at radius 3 is 2.65 bits per heavy atom. The standard InChI is InChI=1S/C28H36N4O5/c1-28(2)15-19(33)24-22(16-28)37-27-25(23(24)18-6-7-20(34-3)21(14-18)35-4)26(29)32(17-30-27)9-5-8-31-10-12-36-13-11-31/h6-7,14,17,23,29H,5,8-13,15-16H2,1-4H3/p+2/t23-/m1/s1. The van der Waals surface area contributed by atoms with E-state index < -0.39 is 5.92 Å². The second kappa shape index (κ2) is 10.3. The normalized spacial score (nSPS) is 21.2. The third kappa shape index (κ3) is 5.02. The van der Waals surface area contributed by atoms with Gasteiger partial charge in [-0.3, -0.25) is 4.79 Å². The largest absolute Gasteiger partial charge is 0.493 e. The fourth-order valence-electron chi connectivity index (χ4n) is 5.78. The number of aromatic nitrogens is 2. The summed E-state index contributed by atoms with van der Waals surface area (Å²) in [6.45, 7) is 9.68. The lowest BCUT2D eigenvalue weighted by Crippen LogP contribution is -3.14. The average Bonchev–Trinajstić information content (AvgIpc) is 2.88. The number of hydrogen-bond donors (Lipinski definition) is 2. The Bertz CT molecular complexity index is 1220. The lowest BCUT2D eigenvalue weighted by molar-refractivity contribution is -0.910. The molecule has 1 aromatic heterocycles. The minimum Gasteiger partial charge on any atom is -0.493 e. The number of ketones is 1. The van der Waals surface area contributed by atoms with Crippen molar-refractivity contribution in [3.8, 4) is 17.4 Å². The number of allylic oxidation sites excluding steroid dienone is 2. The zero-order chi connectivity index (χ0) is 26.2. The molecule has 2 aromatic rings. The molecule has 1 aromatic carbocycles. The lowest BCUT2D eigenvalue weighted by atomic mass is 9.70. The highest BCUT2D eigenvalue weighted by Gasteiger charge is 2.45. The summed E-state index contributed by atoms with van der Waals surface area (Å²) in [5.41, 5.74) is 8.94. The monoisotopic (exact) mass is 510 g/mol. The van der Waals surface area contributed by atoms with Gasteiger partial charge in [0, 0.05) is 24.8 Å². The van der Waals surface area contributed by atoms with Crippen molar-refractivity contribution in [2.75, 3.05) is 52.8 Å². The molecule has 0 amide bonds. The predicted octanol–water partition coefficient (Wildman–Crippen LogP) is 1.44. The number of nitrogens with one attached hydrogen (secondary N) is 1. The first-order valence-corrected chi connectivity index (χ1v) is 13.1. The number of benzene rings is 1. The van der Waals surface area contributed by atoms with Gasteiger partial charge in [0.25, 0.3) is 0 Å². The first kappa shape index (κ1) is 25.5. The first-order chi connectivity index (χ1) is 17.8. The quantitative estimate of drug-likeness (QED) is 0.544. The van der Waals surface area contributed by atoms with Gasteiger partial charge >= 0.3 is 5.88 Å². The Kier molecular flexibility index (Phi) is 7.09. The van der Waals surface area contributed by atoms with E-state index in [0.717, 1.165) is 56.9 Å². The SMILES string of the molecule is COc1ccc([C@@H]2C3=C(CC(C)(C)CC3=O)Oc3nc[n+](CCC[NH+]4CCOCC4)c(N)c32)cc1OC. The van der Waals surface area contributed by atoms with Crippen LogP contribution in [-0.2, 0) is 16.1 Å². The molecule has 3 N–H and O–H groups in total. The predicted molar refractivity (Wildman–Crippen MR) is 137 cm³/mol. The number of fused-ring (bicyclic) bond motifs is 1. The minimum absolute atomic E-state index is 0.0856. The van der Waals surface area contributed by atoms with Crippen molar-refractivity contribution in [1.82, 2.24) is 4.98 Å². The molecule has 3 heterocycles. The molecule has 3 aliphatic rings. The van der Waals surface area contributed by atoms with Gasteiger partial charge in [-0.1, -0.05) is 24.9 Å². The van der Waals surface area contributed by atoms with Gasteiger partial charge in [0.2, 0.25) is 12.1 Å². The van der Waals surface area contributed by atoms with Crippen LogP contribution in [0.5, 0.6) is 17.4 Å². The lowest BCUT2D eigenvalue weighted by Gasteiger charge is -2.37. The molecule has 0 radical (unpaired) electrons. The number of nitrogens with two attached hydrogens (primary N) is 1. The van der Waals surface area contributed by atoms with Gasteiger partial charge in [0.15, 0.2) is 17.3 Å². The molecule has 1 aliphatic carbocycles. The summed E-state index contributed by atoms with van der Waals surface area (Å²) < 4.78 is 24.8. The van der Waals surface area contributed by atoms with Crippen LogP contribution in [-0.4, -0.2) is 57.8 Å². The van der Waals surface area contributed by atoms with Crippen LogP contribution in [0.2, 0.25) is 0 Å². The average molecular weight is 511 g/mol. The molecule has 9 heteroatoms. The molecular formula is C28H38N4O5+2. The van der Waals surface area contributed by atoms with Crippen LogP contribution in [0.4, 0.5) is 5.82 Å². The molecule has 37 heavy (non-hydrogen) atoms. The summed E-state index contributed by atoms with van der Waals surface area (Å²) in [7, 11) is 3.22. The van der Waals surface area contributed by atoms with E-state index in [9.17, 15) is 4.79 Å². The molecule has 0 bridgehead atoms. The number of morpholine rings is 1. The molecule has 5 rings (SSSR count). The molecule has 0 unspecified atom stereocenters. The number of hydrogen-bond acceptors (Lipinski definition) is 7. The van der Waals surface area contributed by atoms with Crippen molar-refractivity contribution in [1.29, 1.82) is 0 Å². The number of ether oxygens (including phenoxy) is 4. The van der Waals surface area contributed by atoms with Crippen molar-refractivity contribution < 1.29 is 33.2 Å². The topological polar surface area (TPSA) is 101 Å². The van der Waals surface area contributed by atoms with Crippen LogP contribution in [0.3, 0.4) is 0 Å². The van der Waals surface area contributed by atoms with Crippen molar-refractivity contribution in [2.45, 2.75) is 45.6 Å². The van der Waals surface area contributed by atoms with Crippen LogP contribution < -0.4 is 29.4 Å². The molecule has 0 spiro atoms. The molecule has 1 saturated heterocycles. The summed E-state index contributed by atoms with van der Waals surface area (Å²) in [6, 6.07) is 5.76. The Morgan fingerprint density at radius 2 is 1.92 bits per heavy atom. The summed E-state index contributed by atoms with van der Waals surface area (Å²) in [4.78, 5) is 19.8. The highest BCUT2D eigenvalue weighted by molar-refractivity contribution is 6.00. The first-order valence-electron chi connectivity index (χ1n) is 13.1. The van der Waals surface area contributed by atoms with Gasteiger partial charge in [-0.05, 0) is 23.1 Å². The van der Waals surface area contributed by atoms with Crippen molar-refractivity contribution >= 4 is 11.6 Å². The smallest absolute Gasteiger partial charge is 0.305 e. The fraction of sp³-hybridized carbons (Fsp3) is 0.536. The maximum Gasteiger partial charge on any atom is 0.305 e. The Balaban J connectivity index is 1.54.